The molecule has 0 radical (unpaired) electrons. The molecule has 2 aliphatic heterocycles. The number of carbonyl (C=O) groups excluding carboxylic acids is 2. The van der Waals surface area contributed by atoms with Crippen molar-refractivity contribution in [1.29, 1.82) is 0 Å². The average Bonchev–Trinajstić information content (AvgIpc) is 3.40. The van der Waals surface area contributed by atoms with E-state index in [1.807, 2.05) is 24.3 Å². The molecule has 4 rings (SSSR count). The second kappa shape index (κ2) is 8.84. The smallest absolute Gasteiger partial charge is 0.256 e. The Morgan fingerprint density at radius 3 is 2.55 bits per heavy atom. The van der Waals surface area contributed by atoms with E-state index in [4.69, 9.17) is 9.47 Å². The molecule has 1 aromatic carbocycles. The maximum atomic E-state index is 13.5. The van der Waals surface area contributed by atoms with Crippen molar-refractivity contribution in [3.8, 4) is 0 Å². The van der Waals surface area contributed by atoms with Crippen molar-refractivity contribution in [3.05, 3.63) is 35.4 Å². The number of aryl methyl sites for hydroxylation is 1. The number of carbonyl (C=O) groups is 2. The second-order valence-corrected chi connectivity index (χ2v) is 8.44. The molecule has 2 amide bonds. The molecule has 3 aliphatic rings. The van der Waals surface area contributed by atoms with Crippen molar-refractivity contribution in [2.75, 3.05) is 19.8 Å². The van der Waals surface area contributed by atoms with Gasteiger partial charge in [0.1, 0.15) is 11.8 Å². The van der Waals surface area contributed by atoms with Crippen LogP contribution in [0.1, 0.15) is 67.8 Å². The highest BCUT2D eigenvalue weighted by molar-refractivity contribution is 5.98. The zero-order chi connectivity index (χ0) is 20.3. The molecule has 158 valence electrons. The van der Waals surface area contributed by atoms with Crippen LogP contribution in [0.3, 0.4) is 0 Å². The lowest BCUT2D eigenvalue weighted by Crippen LogP contribution is -2.56. The lowest BCUT2D eigenvalue weighted by Gasteiger charge is -2.41. The van der Waals surface area contributed by atoms with E-state index in [-0.39, 0.29) is 24.5 Å². The van der Waals surface area contributed by atoms with Gasteiger partial charge in [0.2, 0.25) is 5.91 Å². The van der Waals surface area contributed by atoms with E-state index in [0.29, 0.717) is 12.1 Å². The van der Waals surface area contributed by atoms with Gasteiger partial charge in [0.15, 0.2) is 0 Å². The van der Waals surface area contributed by atoms with Gasteiger partial charge in [0, 0.05) is 18.7 Å². The first-order valence-corrected chi connectivity index (χ1v) is 11.1. The van der Waals surface area contributed by atoms with Crippen LogP contribution < -0.4 is 5.32 Å². The van der Waals surface area contributed by atoms with E-state index in [1.165, 1.54) is 5.56 Å². The zero-order valence-electron chi connectivity index (χ0n) is 17.3. The average molecular weight is 401 g/mol. The molecule has 0 aromatic heterocycles. The van der Waals surface area contributed by atoms with Gasteiger partial charge in [-0.1, -0.05) is 25.5 Å². The summed E-state index contributed by atoms with van der Waals surface area (Å²) in [5.41, 5.74) is 1.16. The Hall–Kier alpha value is -1.92. The van der Waals surface area contributed by atoms with Gasteiger partial charge in [-0.15, -0.1) is 0 Å². The van der Waals surface area contributed by atoms with Crippen LogP contribution in [0.4, 0.5) is 0 Å². The maximum absolute atomic E-state index is 13.5. The fourth-order valence-electron chi connectivity index (χ4n) is 4.83. The topological polar surface area (TPSA) is 67.9 Å². The lowest BCUT2D eigenvalue weighted by molar-refractivity contribution is -0.127. The van der Waals surface area contributed by atoms with Crippen LogP contribution in [0, 0.1) is 0 Å². The fourth-order valence-corrected chi connectivity index (χ4v) is 4.83. The maximum Gasteiger partial charge on any atom is 0.256 e. The summed E-state index contributed by atoms with van der Waals surface area (Å²) in [6.07, 6.45) is 7.78. The highest BCUT2D eigenvalue weighted by Gasteiger charge is 2.52. The summed E-state index contributed by atoms with van der Waals surface area (Å²) in [7, 11) is 0. The Labute approximate surface area is 172 Å². The third-order valence-corrected chi connectivity index (χ3v) is 6.55. The molecule has 3 fully saturated rings. The van der Waals surface area contributed by atoms with Crippen molar-refractivity contribution in [2.45, 2.75) is 76.2 Å². The number of rotatable bonds is 5. The van der Waals surface area contributed by atoms with Crippen LogP contribution >= 0.6 is 0 Å². The van der Waals surface area contributed by atoms with Gasteiger partial charge < -0.3 is 14.8 Å². The molecule has 1 saturated carbocycles. The van der Waals surface area contributed by atoms with E-state index in [9.17, 15) is 9.59 Å². The van der Waals surface area contributed by atoms with Crippen molar-refractivity contribution in [3.63, 3.8) is 0 Å². The molecule has 6 nitrogen and oxygen atoms in total. The predicted molar refractivity (Wildman–Crippen MR) is 110 cm³/mol. The summed E-state index contributed by atoms with van der Waals surface area (Å²) in [6.45, 7) is 3.61. The van der Waals surface area contributed by atoms with Crippen LogP contribution in [0.15, 0.2) is 24.3 Å². The second-order valence-electron chi connectivity index (χ2n) is 8.44. The quantitative estimate of drug-likeness (QED) is 0.825. The van der Waals surface area contributed by atoms with Crippen molar-refractivity contribution >= 4 is 11.8 Å². The molecule has 1 N–H and O–H groups in total. The van der Waals surface area contributed by atoms with Crippen LogP contribution in [0.5, 0.6) is 0 Å². The Morgan fingerprint density at radius 1 is 1.14 bits per heavy atom. The standard InChI is InChI=1S/C23H32N2O4/c1-2-17-8-10-18(11-9-17)22(27)25-20(16-29-23(25)12-4-3-5-13-23)21(26)24-15-19-7-6-14-28-19/h8-11,19-20H,2-7,12-16H2,1H3,(H,24,26)/t19-,20+/m1/s1. The number of amides is 2. The van der Waals surface area contributed by atoms with Crippen LogP contribution in [0.2, 0.25) is 0 Å². The Morgan fingerprint density at radius 2 is 1.90 bits per heavy atom. The predicted octanol–water partition coefficient (Wildman–Crippen LogP) is 3.05. The van der Waals surface area contributed by atoms with Gasteiger partial charge in [0.05, 0.1) is 12.7 Å². The number of nitrogens with one attached hydrogen (secondary N) is 1. The minimum absolute atomic E-state index is 0.0793. The molecule has 0 unspecified atom stereocenters. The van der Waals surface area contributed by atoms with Gasteiger partial charge in [0.25, 0.3) is 5.91 Å². The van der Waals surface area contributed by atoms with Gasteiger partial charge >= 0.3 is 0 Å². The minimum atomic E-state index is -0.648. The molecule has 2 heterocycles. The fraction of sp³-hybridized carbons (Fsp3) is 0.652. The third-order valence-electron chi connectivity index (χ3n) is 6.55. The summed E-state index contributed by atoms with van der Waals surface area (Å²) in [4.78, 5) is 28.3. The largest absolute Gasteiger partial charge is 0.376 e. The zero-order valence-corrected chi connectivity index (χ0v) is 17.3. The molecule has 1 spiro atoms. The van der Waals surface area contributed by atoms with E-state index >= 15 is 0 Å². The molecule has 2 atom stereocenters. The SMILES string of the molecule is CCc1ccc(C(=O)N2[C@H](C(=O)NC[C@H]3CCCO3)COC23CCCCC3)cc1. The Bertz CT molecular complexity index is 721. The summed E-state index contributed by atoms with van der Waals surface area (Å²) in [5, 5.41) is 3.01. The van der Waals surface area contributed by atoms with Crippen molar-refractivity contribution in [1.82, 2.24) is 10.2 Å². The summed E-state index contributed by atoms with van der Waals surface area (Å²) >= 11 is 0. The number of nitrogens with zero attached hydrogens (tertiary/aromatic N) is 1. The van der Waals surface area contributed by atoms with E-state index in [1.54, 1.807) is 4.90 Å². The van der Waals surface area contributed by atoms with E-state index in [2.05, 4.69) is 12.2 Å². The van der Waals surface area contributed by atoms with Gasteiger partial charge in [-0.25, -0.2) is 0 Å². The van der Waals surface area contributed by atoms with Gasteiger partial charge in [-0.3, -0.25) is 14.5 Å². The third kappa shape index (κ3) is 4.19. The summed E-state index contributed by atoms with van der Waals surface area (Å²) in [6, 6.07) is 7.14. The molecule has 0 bridgehead atoms. The van der Waals surface area contributed by atoms with Crippen LogP contribution in [-0.4, -0.2) is 54.3 Å². The molecule has 29 heavy (non-hydrogen) atoms. The Balaban J connectivity index is 1.54. The molecule has 1 aromatic rings. The van der Waals surface area contributed by atoms with E-state index < -0.39 is 11.8 Å². The normalized spacial score (nSPS) is 26.0. The lowest BCUT2D eigenvalue weighted by atomic mass is 9.89. The first kappa shape index (κ1) is 20.4. The van der Waals surface area contributed by atoms with Crippen LogP contribution in [0.25, 0.3) is 0 Å². The van der Waals surface area contributed by atoms with Crippen LogP contribution in [-0.2, 0) is 20.7 Å². The highest BCUT2D eigenvalue weighted by atomic mass is 16.5. The summed E-state index contributed by atoms with van der Waals surface area (Å²) < 4.78 is 11.8. The first-order valence-electron chi connectivity index (χ1n) is 11.1. The number of ether oxygens (including phenoxy) is 2. The molecule has 1 aliphatic carbocycles. The van der Waals surface area contributed by atoms with E-state index in [0.717, 1.165) is 58.0 Å². The number of benzene rings is 1. The Kier molecular flexibility index (Phi) is 6.20. The molecule has 6 heteroatoms. The first-order chi connectivity index (χ1) is 14.1. The van der Waals surface area contributed by atoms with Crippen molar-refractivity contribution in [2.24, 2.45) is 0 Å². The number of hydrogen-bond donors (Lipinski definition) is 1. The van der Waals surface area contributed by atoms with Gasteiger partial charge in [-0.2, -0.15) is 0 Å². The molecule has 2 saturated heterocycles. The highest BCUT2D eigenvalue weighted by Crippen LogP contribution is 2.41. The monoisotopic (exact) mass is 400 g/mol. The summed E-state index contributed by atoms with van der Waals surface area (Å²) in [5.74, 6) is -0.245. The van der Waals surface area contributed by atoms with Gasteiger partial charge in [-0.05, 0) is 62.6 Å². The minimum Gasteiger partial charge on any atom is -0.376 e. The van der Waals surface area contributed by atoms with Crippen molar-refractivity contribution < 1.29 is 19.1 Å². The molecular formula is C23H32N2O4. The molecular weight excluding hydrogens is 368 g/mol. The number of hydrogen-bond acceptors (Lipinski definition) is 4.